The number of benzene rings is 1. The number of halogens is 1. The zero-order valence-electron chi connectivity index (χ0n) is 14.0. The lowest BCUT2D eigenvalue weighted by Gasteiger charge is -2.25. The van der Waals surface area contributed by atoms with Crippen molar-refractivity contribution in [3.63, 3.8) is 0 Å². The number of hydrogen-bond acceptors (Lipinski definition) is 3. The minimum atomic E-state index is -3.65. The molecule has 6 heteroatoms. The monoisotopic (exact) mass is 361 g/mol. The number of nitrogens with one attached hydrogen (secondary N) is 1. The molecule has 2 unspecified atom stereocenters. The third kappa shape index (κ3) is 6.79. The van der Waals surface area contributed by atoms with E-state index in [-0.39, 0.29) is 17.4 Å². The molecule has 0 radical (unpaired) electrons. The van der Waals surface area contributed by atoms with Gasteiger partial charge < -0.3 is 5.11 Å². The molecule has 2 atom stereocenters. The Hall–Kier alpha value is -0.620. The van der Waals surface area contributed by atoms with Crippen LogP contribution in [-0.4, -0.2) is 26.2 Å². The molecular weight excluding hydrogens is 334 g/mol. The second-order valence-corrected chi connectivity index (χ2v) is 8.03. The van der Waals surface area contributed by atoms with Crippen LogP contribution >= 0.6 is 11.6 Å². The molecule has 2 N–H and O–H groups in total. The van der Waals surface area contributed by atoms with E-state index in [1.807, 2.05) is 6.92 Å². The molecule has 0 spiro atoms. The van der Waals surface area contributed by atoms with Gasteiger partial charge in [-0.05, 0) is 36.6 Å². The van der Waals surface area contributed by atoms with E-state index in [0.29, 0.717) is 5.02 Å². The second kappa shape index (κ2) is 10.3. The van der Waals surface area contributed by atoms with Gasteiger partial charge in [-0.25, -0.2) is 13.1 Å². The first-order valence-electron chi connectivity index (χ1n) is 8.33. The summed E-state index contributed by atoms with van der Waals surface area (Å²) < 4.78 is 27.5. The van der Waals surface area contributed by atoms with E-state index in [1.54, 1.807) is 12.1 Å². The quantitative estimate of drug-likeness (QED) is 0.586. The molecule has 4 nitrogen and oxygen atoms in total. The van der Waals surface area contributed by atoms with Crippen LogP contribution in [0, 0.1) is 5.92 Å². The Labute approximate surface area is 145 Å². The molecule has 0 fully saturated rings. The summed E-state index contributed by atoms with van der Waals surface area (Å²) in [6.45, 7) is 4.00. The maximum absolute atomic E-state index is 12.4. The Morgan fingerprint density at radius 1 is 1.13 bits per heavy atom. The van der Waals surface area contributed by atoms with E-state index in [2.05, 4.69) is 11.6 Å². The predicted molar refractivity (Wildman–Crippen MR) is 95.2 cm³/mol. The third-order valence-corrected chi connectivity index (χ3v) is 5.91. The molecule has 0 aliphatic carbocycles. The van der Waals surface area contributed by atoms with Crippen molar-refractivity contribution in [2.24, 2.45) is 5.92 Å². The topological polar surface area (TPSA) is 66.4 Å². The van der Waals surface area contributed by atoms with E-state index in [4.69, 9.17) is 11.6 Å². The average Bonchev–Trinajstić information content (AvgIpc) is 2.53. The van der Waals surface area contributed by atoms with Gasteiger partial charge in [-0.2, -0.15) is 0 Å². The Bertz CT molecular complexity index is 545. The van der Waals surface area contributed by atoms with Crippen molar-refractivity contribution >= 4 is 21.6 Å². The van der Waals surface area contributed by atoms with Crippen LogP contribution in [0.3, 0.4) is 0 Å². The van der Waals surface area contributed by atoms with E-state index in [0.717, 1.165) is 25.7 Å². The van der Waals surface area contributed by atoms with Crippen LogP contribution in [-0.2, 0) is 10.0 Å². The molecule has 23 heavy (non-hydrogen) atoms. The summed E-state index contributed by atoms with van der Waals surface area (Å²) in [5.41, 5.74) is 0. The smallest absolute Gasteiger partial charge is 0.240 e. The summed E-state index contributed by atoms with van der Waals surface area (Å²) in [6.07, 6.45) is 6.33. The van der Waals surface area contributed by atoms with Crippen LogP contribution < -0.4 is 4.72 Å². The number of aliphatic hydroxyl groups is 1. The van der Waals surface area contributed by atoms with Crippen molar-refractivity contribution < 1.29 is 13.5 Å². The van der Waals surface area contributed by atoms with Crippen LogP contribution in [0.2, 0.25) is 5.02 Å². The van der Waals surface area contributed by atoms with E-state index in [9.17, 15) is 13.5 Å². The van der Waals surface area contributed by atoms with Gasteiger partial charge in [0.25, 0.3) is 0 Å². The first kappa shape index (κ1) is 20.4. The Morgan fingerprint density at radius 3 is 2.30 bits per heavy atom. The number of rotatable bonds is 11. The van der Waals surface area contributed by atoms with Gasteiger partial charge in [0.2, 0.25) is 10.0 Å². The number of hydrogen-bond donors (Lipinski definition) is 2. The highest BCUT2D eigenvalue weighted by molar-refractivity contribution is 7.89. The molecule has 0 aromatic heterocycles. The molecule has 0 aliphatic heterocycles. The molecule has 0 heterocycles. The summed E-state index contributed by atoms with van der Waals surface area (Å²) in [6, 6.07) is 5.59. The van der Waals surface area contributed by atoms with E-state index in [1.165, 1.54) is 25.0 Å². The highest BCUT2D eigenvalue weighted by Gasteiger charge is 2.25. The number of unbranched alkanes of at least 4 members (excludes halogenated alkanes) is 3. The summed E-state index contributed by atoms with van der Waals surface area (Å²) in [5, 5.41) is 10.1. The van der Waals surface area contributed by atoms with Gasteiger partial charge in [-0.15, -0.1) is 0 Å². The summed E-state index contributed by atoms with van der Waals surface area (Å²) in [7, 11) is -3.65. The zero-order valence-corrected chi connectivity index (χ0v) is 15.5. The molecule has 132 valence electrons. The Balaban J connectivity index is 2.73. The molecule has 0 saturated heterocycles. The lowest BCUT2D eigenvalue weighted by molar-refractivity contribution is 0.203. The van der Waals surface area contributed by atoms with E-state index >= 15 is 0 Å². The Kier molecular flexibility index (Phi) is 9.14. The molecular formula is C17H28ClNO3S. The highest BCUT2D eigenvalue weighted by Crippen LogP contribution is 2.21. The maximum Gasteiger partial charge on any atom is 0.240 e. The lowest BCUT2D eigenvalue weighted by Crippen LogP contribution is -2.42. The molecule has 1 aromatic carbocycles. The largest absolute Gasteiger partial charge is 0.395 e. The number of aliphatic hydroxyl groups excluding tert-OH is 1. The summed E-state index contributed by atoms with van der Waals surface area (Å²) in [5.74, 6) is 0.138. The summed E-state index contributed by atoms with van der Waals surface area (Å²) >= 11 is 5.80. The fourth-order valence-corrected chi connectivity index (χ4v) is 4.11. The van der Waals surface area contributed by atoms with E-state index < -0.39 is 16.1 Å². The van der Waals surface area contributed by atoms with Gasteiger partial charge in [0.05, 0.1) is 11.5 Å². The van der Waals surface area contributed by atoms with Gasteiger partial charge >= 0.3 is 0 Å². The molecule has 0 aliphatic rings. The van der Waals surface area contributed by atoms with Crippen molar-refractivity contribution in [2.45, 2.75) is 63.3 Å². The first-order chi connectivity index (χ1) is 10.9. The van der Waals surface area contributed by atoms with Gasteiger partial charge in [-0.1, -0.05) is 57.6 Å². The minimum absolute atomic E-state index is 0.138. The van der Waals surface area contributed by atoms with Crippen molar-refractivity contribution in [1.29, 1.82) is 0 Å². The average molecular weight is 362 g/mol. The summed E-state index contributed by atoms with van der Waals surface area (Å²) in [4.78, 5) is 0.168. The molecule has 0 amide bonds. The second-order valence-electron chi connectivity index (χ2n) is 5.88. The Morgan fingerprint density at radius 2 is 1.78 bits per heavy atom. The van der Waals surface area contributed by atoms with Gasteiger partial charge in [0, 0.05) is 11.1 Å². The molecule has 1 aromatic rings. The lowest BCUT2D eigenvalue weighted by atomic mass is 9.92. The van der Waals surface area contributed by atoms with Crippen LogP contribution in [0.1, 0.15) is 52.4 Å². The standard InChI is InChI=1S/C17H28ClNO3S/c1-3-5-6-7-8-14(4-2)17(13-20)19-23(21,22)16-11-9-15(18)10-12-16/h9-12,14,17,19-20H,3-8,13H2,1-2H3. The first-order valence-corrected chi connectivity index (χ1v) is 10.2. The van der Waals surface area contributed by atoms with Gasteiger partial charge in [0.15, 0.2) is 0 Å². The minimum Gasteiger partial charge on any atom is -0.395 e. The van der Waals surface area contributed by atoms with Crippen molar-refractivity contribution in [3.8, 4) is 0 Å². The maximum atomic E-state index is 12.4. The molecule has 1 rings (SSSR count). The highest BCUT2D eigenvalue weighted by atomic mass is 35.5. The van der Waals surface area contributed by atoms with Crippen molar-refractivity contribution in [1.82, 2.24) is 4.72 Å². The van der Waals surface area contributed by atoms with Crippen LogP contribution in [0.4, 0.5) is 0 Å². The van der Waals surface area contributed by atoms with Gasteiger partial charge in [0.1, 0.15) is 0 Å². The van der Waals surface area contributed by atoms with Crippen LogP contribution in [0.15, 0.2) is 29.2 Å². The van der Waals surface area contributed by atoms with Crippen molar-refractivity contribution in [2.75, 3.05) is 6.61 Å². The zero-order chi connectivity index (χ0) is 17.3. The SMILES string of the molecule is CCCCCCC(CC)C(CO)NS(=O)(=O)c1ccc(Cl)cc1. The van der Waals surface area contributed by atoms with Gasteiger partial charge in [-0.3, -0.25) is 0 Å². The fraction of sp³-hybridized carbons (Fsp3) is 0.647. The van der Waals surface area contributed by atoms with Crippen LogP contribution in [0.5, 0.6) is 0 Å². The predicted octanol–water partition coefficient (Wildman–Crippen LogP) is 3.98. The normalized spacial score (nSPS) is 14.6. The molecule has 0 saturated carbocycles. The van der Waals surface area contributed by atoms with Crippen LogP contribution in [0.25, 0.3) is 0 Å². The fourth-order valence-electron chi connectivity index (χ4n) is 2.69. The molecule has 0 bridgehead atoms. The third-order valence-electron chi connectivity index (χ3n) is 4.15. The number of sulfonamides is 1. The van der Waals surface area contributed by atoms with Crippen molar-refractivity contribution in [3.05, 3.63) is 29.3 Å².